The van der Waals surface area contributed by atoms with Crippen molar-refractivity contribution < 1.29 is 14.3 Å². The first-order chi connectivity index (χ1) is 16.5. The first kappa shape index (κ1) is 25.7. The summed E-state index contributed by atoms with van der Waals surface area (Å²) >= 11 is 0. The summed E-state index contributed by atoms with van der Waals surface area (Å²) in [5, 5.41) is 0. The second-order valence-corrected chi connectivity index (χ2v) is 9.02. The summed E-state index contributed by atoms with van der Waals surface area (Å²) in [6.07, 6.45) is 12.5. The van der Waals surface area contributed by atoms with Crippen molar-refractivity contribution in [2.24, 2.45) is 0 Å². The Labute approximate surface area is 204 Å². The summed E-state index contributed by atoms with van der Waals surface area (Å²) in [6, 6.07) is 4.52. The van der Waals surface area contributed by atoms with Crippen LogP contribution in [-0.4, -0.2) is 29.2 Å². The molecule has 0 fully saturated rings. The van der Waals surface area contributed by atoms with E-state index in [9.17, 15) is 4.79 Å². The van der Waals surface area contributed by atoms with Gasteiger partial charge in [-0.05, 0) is 56.7 Å². The highest BCUT2D eigenvalue weighted by molar-refractivity contribution is 5.71. The fraction of sp³-hybridized carbons (Fsp3) is 0.552. The van der Waals surface area contributed by atoms with Crippen LogP contribution in [0.5, 0.6) is 5.75 Å². The Hall–Kier alpha value is -2.87. The van der Waals surface area contributed by atoms with Crippen LogP contribution in [0.25, 0.3) is 0 Å². The van der Waals surface area contributed by atoms with Gasteiger partial charge in [0.1, 0.15) is 18.0 Å². The van der Waals surface area contributed by atoms with Gasteiger partial charge in [-0.3, -0.25) is 4.79 Å². The molecule has 0 saturated carbocycles. The molecule has 0 aliphatic carbocycles. The molecule has 1 aromatic heterocycles. The van der Waals surface area contributed by atoms with E-state index in [0.29, 0.717) is 12.4 Å². The zero-order valence-electron chi connectivity index (χ0n) is 21.2. The molecule has 1 aromatic carbocycles. The molecule has 3 rings (SSSR count). The number of carbonyl (C=O) groups excluding carboxylic acids is 1. The summed E-state index contributed by atoms with van der Waals surface area (Å²) in [5.74, 6) is 7.82. The van der Waals surface area contributed by atoms with Crippen LogP contribution in [0, 0.1) is 11.8 Å². The molecule has 1 aliphatic rings. The molecule has 0 spiro atoms. The molecule has 0 N–H and O–H groups in total. The van der Waals surface area contributed by atoms with Crippen molar-refractivity contribution in [3.63, 3.8) is 0 Å². The van der Waals surface area contributed by atoms with Crippen molar-refractivity contribution in [1.29, 1.82) is 0 Å². The molecule has 2 aromatic rings. The van der Waals surface area contributed by atoms with Gasteiger partial charge in [-0.15, -0.1) is 0 Å². The zero-order valence-corrected chi connectivity index (χ0v) is 21.2. The van der Waals surface area contributed by atoms with Crippen LogP contribution in [0.15, 0.2) is 24.5 Å². The van der Waals surface area contributed by atoms with Crippen molar-refractivity contribution in [2.45, 2.75) is 90.9 Å². The summed E-state index contributed by atoms with van der Waals surface area (Å²) in [7, 11) is 0. The fourth-order valence-electron chi connectivity index (χ4n) is 4.69. The SMILES string of the molecule is CCCCCCc1cc2c(cc1C#Cc1cnc(CC(=O)OCC)nc1)C(CC)(CC)CCO2. The van der Waals surface area contributed by atoms with E-state index in [0.717, 1.165) is 55.6 Å². The summed E-state index contributed by atoms with van der Waals surface area (Å²) in [5.41, 5.74) is 4.51. The Morgan fingerprint density at radius 2 is 1.82 bits per heavy atom. The van der Waals surface area contributed by atoms with Crippen LogP contribution in [0.1, 0.15) is 101 Å². The van der Waals surface area contributed by atoms with Crippen LogP contribution < -0.4 is 4.74 Å². The number of rotatable bonds is 10. The minimum atomic E-state index is -0.319. The summed E-state index contributed by atoms with van der Waals surface area (Å²) < 4.78 is 11.1. The van der Waals surface area contributed by atoms with E-state index in [1.807, 2.05) is 0 Å². The van der Waals surface area contributed by atoms with E-state index >= 15 is 0 Å². The molecule has 5 nitrogen and oxygen atoms in total. The van der Waals surface area contributed by atoms with Gasteiger partial charge in [0.25, 0.3) is 0 Å². The molecule has 0 bridgehead atoms. The lowest BCUT2D eigenvalue weighted by molar-refractivity contribution is -0.142. The maximum absolute atomic E-state index is 11.7. The number of esters is 1. The minimum Gasteiger partial charge on any atom is -0.493 e. The van der Waals surface area contributed by atoms with E-state index in [-0.39, 0.29) is 17.8 Å². The number of nitrogens with zero attached hydrogens (tertiary/aromatic N) is 2. The van der Waals surface area contributed by atoms with Crippen molar-refractivity contribution >= 4 is 5.97 Å². The highest BCUT2D eigenvalue weighted by atomic mass is 16.5. The van der Waals surface area contributed by atoms with Gasteiger partial charge in [0.15, 0.2) is 0 Å². The molecule has 182 valence electrons. The van der Waals surface area contributed by atoms with Gasteiger partial charge in [0.05, 0.1) is 18.8 Å². The maximum atomic E-state index is 11.7. The second kappa shape index (κ2) is 12.6. The van der Waals surface area contributed by atoms with Crippen LogP contribution in [0.3, 0.4) is 0 Å². The third-order valence-corrected chi connectivity index (χ3v) is 6.92. The van der Waals surface area contributed by atoms with Gasteiger partial charge in [-0.1, -0.05) is 51.9 Å². The summed E-state index contributed by atoms with van der Waals surface area (Å²) in [6.45, 7) is 9.71. The number of carbonyl (C=O) groups is 1. The van der Waals surface area contributed by atoms with E-state index in [1.54, 1.807) is 19.3 Å². The molecule has 0 saturated heterocycles. The predicted octanol–water partition coefficient (Wildman–Crippen LogP) is 5.95. The highest BCUT2D eigenvalue weighted by Crippen LogP contribution is 2.44. The monoisotopic (exact) mass is 462 g/mol. The largest absolute Gasteiger partial charge is 0.493 e. The highest BCUT2D eigenvalue weighted by Gasteiger charge is 2.35. The molecule has 0 unspecified atom stereocenters. The Morgan fingerprint density at radius 3 is 2.50 bits per heavy atom. The number of hydrogen-bond donors (Lipinski definition) is 0. The second-order valence-electron chi connectivity index (χ2n) is 9.02. The first-order valence-electron chi connectivity index (χ1n) is 12.8. The van der Waals surface area contributed by atoms with E-state index in [1.165, 1.54) is 30.4 Å². The van der Waals surface area contributed by atoms with Gasteiger partial charge in [-0.25, -0.2) is 9.97 Å². The van der Waals surface area contributed by atoms with Crippen LogP contribution in [0.2, 0.25) is 0 Å². The first-order valence-corrected chi connectivity index (χ1v) is 12.8. The van der Waals surface area contributed by atoms with E-state index in [4.69, 9.17) is 9.47 Å². The van der Waals surface area contributed by atoms with Gasteiger partial charge in [0.2, 0.25) is 0 Å². The molecule has 5 heteroatoms. The topological polar surface area (TPSA) is 61.3 Å². The molecule has 34 heavy (non-hydrogen) atoms. The number of aryl methyl sites for hydroxylation is 1. The Morgan fingerprint density at radius 1 is 1.06 bits per heavy atom. The number of fused-ring (bicyclic) bond motifs is 1. The van der Waals surface area contributed by atoms with Gasteiger partial charge in [-0.2, -0.15) is 0 Å². The summed E-state index contributed by atoms with van der Waals surface area (Å²) in [4.78, 5) is 20.2. The maximum Gasteiger partial charge on any atom is 0.313 e. The van der Waals surface area contributed by atoms with E-state index < -0.39 is 0 Å². The molecular weight excluding hydrogens is 424 g/mol. The molecule has 2 heterocycles. The van der Waals surface area contributed by atoms with Crippen LogP contribution in [0.4, 0.5) is 0 Å². The number of unbranched alkanes of at least 4 members (excludes halogenated alkanes) is 3. The average molecular weight is 463 g/mol. The standard InChI is InChI=1S/C29H38N2O3/c1-5-9-10-11-12-23-18-26-25(29(6-2,7-3)15-16-34-26)17-24(23)14-13-22-20-30-27(31-21-22)19-28(32)33-8-4/h17-18,20-21H,5-12,15-16,19H2,1-4H3. The Kier molecular flexibility index (Phi) is 9.51. The van der Waals surface area contributed by atoms with Crippen molar-refractivity contribution in [3.05, 3.63) is 52.6 Å². The van der Waals surface area contributed by atoms with Crippen molar-refractivity contribution in [1.82, 2.24) is 9.97 Å². The van der Waals surface area contributed by atoms with Gasteiger partial charge >= 0.3 is 5.97 Å². The van der Waals surface area contributed by atoms with Crippen LogP contribution >= 0.6 is 0 Å². The van der Waals surface area contributed by atoms with Gasteiger partial charge < -0.3 is 9.47 Å². The van der Waals surface area contributed by atoms with Crippen LogP contribution in [-0.2, 0) is 27.8 Å². The fourth-order valence-corrected chi connectivity index (χ4v) is 4.69. The van der Waals surface area contributed by atoms with E-state index in [2.05, 4.69) is 54.7 Å². The number of benzene rings is 1. The number of ether oxygens (including phenoxy) is 2. The molecule has 0 atom stereocenters. The Balaban J connectivity index is 1.90. The molecule has 0 radical (unpaired) electrons. The zero-order chi connectivity index (χ0) is 24.4. The quantitative estimate of drug-likeness (QED) is 0.248. The molecule has 0 amide bonds. The third-order valence-electron chi connectivity index (χ3n) is 6.92. The predicted molar refractivity (Wildman–Crippen MR) is 135 cm³/mol. The lowest BCUT2D eigenvalue weighted by Gasteiger charge is -2.38. The molecular formula is C29H38N2O3. The van der Waals surface area contributed by atoms with Gasteiger partial charge in [0, 0.05) is 28.9 Å². The van der Waals surface area contributed by atoms with Crippen molar-refractivity contribution in [3.8, 4) is 17.6 Å². The number of aromatic nitrogens is 2. The Bertz CT molecular complexity index is 1010. The lowest BCUT2D eigenvalue weighted by Crippen LogP contribution is -2.32. The molecule has 1 aliphatic heterocycles. The lowest BCUT2D eigenvalue weighted by atomic mass is 9.71. The average Bonchev–Trinajstić information content (AvgIpc) is 2.86. The minimum absolute atomic E-state index is 0.0738. The number of hydrogen-bond acceptors (Lipinski definition) is 5. The smallest absolute Gasteiger partial charge is 0.313 e. The third kappa shape index (κ3) is 6.38. The normalized spacial score (nSPS) is 13.9. The van der Waals surface area contributed by atoms with Crippen molar-refractivity contribution in [2.75, 3.05) is 13.2 Å².